The first-order valence-corrected chi connectivity index (χ1v) is 10.3. The van der Waals surface area contributed by atoms with Crippen molar-refractivity contribution in [1.29, 1.82) is 0 Å². The van der Waals surface area contributed by atoms with Crippen LogP contribution in [0.1, 0.15) is 5.56 Å². The molecule has 0 aliphatic rings. The molecule has 1 aromatic heterocycles. The summed E-state index contributed by atoms with van der Waals surface area (Å²) in [5.74, 6) is 2.06. The molecular formula is C21H21ClFN3O3S. The van der Waals surface area contributed by atoms with Crippen LogP contribution >= 0.6 is 23.4 Å². The smallest absolute Gasteiger partial charge is 0.203 e. The molecule has 0 saturated heterocycles. The molecule has 9 heteroatoms. The Labute approximate surface area is 183 Å². The van der Waals surface area contributed by atoms with Gasteiger partial charge in [0.2, 0.25) is 5.75 Å². The normalized spacial score (nSPS) is 10.7. The lowest BCUT2D eigenvalue weighted by molar-refractivity contribution is 0.324. The molecule has 0 fully saturated rings. The minimum absolute atomic E-state index is 0.316. The summed E-state index contributed by atoms with van der Waals surface area (Å²) in [6, 6.07) is 8.22. The average Bonchev–Trinajstić information content (AvgIpc) is 3.15. The van der Waals surface area contributed by atoms with E-state index in [1.165, 1.54) is 17.8 Å². The van der Waals surface area contributed by atoms with E-state index in [1.807, 2.05) is 4.57 Å². The van der Waals surface area contributed by atoms with Gasteiger partial charge in [-0.15, -0.1) is 16.8 Å². The SMILES string of the molecule is C=CCn1c(SCc2c(F)cccc2Cl)nnc1-c1cc(OC)c(OC)c(OC)c1. The molecule has 0 N–H and O–H groups in total. The average molecular weight is 450 g/mol. The lowest BCUT2D eigenvalue weighted by Gasteiger charge is -2.14. The van der Waals surface area contributed by atoms with Crippen LogP contribution in [0.25, 0.3) is 11.4 Å². The van der Waals surface area contributed by atoms with Crippen LogP contribution in [0.3, 0.4) is 0 Å². The maximum atomic E-state index is 14.1. The van der Waals surface area contributed by atoms with Crippen LogP contribution in [0.4, 0.5) is 4.39 Å². The molecule has 0 saturated carbocycles. The Morgan fingerprint density at radius 3 is 2.40 bits per heavy atom. The third kappa shape index (κ3) is 4.39. The van der Waals surface area contributed by atoms with Gasteiger partial charge in [0, 0.05) is 28.4 Å². The molecule has 0 unspecified atom stereocenters. The van der Waals surface area contributed by atoms with Crippen molar-refractivity contribution in [3.05, 3.63) is 59.4 Å². The first-order chi connectivity index (χ1) is 14.5. The molecule has 0 aliphatic carbocycles. The summed E-state index contributed by atoms with van der Waals surface area (Å²) in [4.78, 5) is 0. The van der Waals surface area contributed by atoms with Gasteiger partial charge in [-0.25, -0.2) is 4.39 Å². The van der Waals surface area contributed by atoms with Gasteiger partial charge in [0.15, 0.2) is 22.5 Å². The summed E-state index contributed by atoms with van der Waals surface area (Å²) in [5.41, 5.74) is 1.15. The summed E-state index contributed by atoms with van der Waals surface area (Å²) in [6.45, 7) is 4.28. The van der Waals surface area contributed by atoms with Crippen molar-refractivity contribution in [2.24, 2.45) is 0 Å². The minimum Gasteiger partial charge on any atom is -0.493 e. The Morgan fingerprint density at radius 2 is 1.83 bits per heavy atom. The van der Waals surface area contributed by atoms with Crippen LogP contribution in [0.15, 0.2) is 48.1 Å². The largest absolute Gasteiger partial charge is 0.493 e. The molecule has 0 spiro atoms. The number of hydrogen-bond acceptors (Lipinski definition) is 6. The van der Waals surface area contributed by atoms with E-state index < -0.39 is 0 Å². The summed E-state index contributed by atoms with van der Waals surface area (Å²) in [7, 11) is 4.65. The maximum absolute atomic E-state index is 14.1. The highest BCUT2D eigenvalue weighted by atomic mass is 35.5. The van der Waals surface area contributed by atoms with E-state index >= 15 is 0 Å². The zero-order valence-corrected chi connectivity index (χ0v) is 18.4. The van der Waals surface area contributed by atoms with Gasteiger partial charge in [-0.05, 0) is 24.3 Å². The zero-order chi connectivity index (χ0) is 21.7. The molecule has 6 nitrogen and oxygen atoms in total. The predicted molar refractivity (Wildman–Crippen MR) is 116 cm³/mol. The molecule has 2 aromatic carbocycles. The van der Waals surface area contributed by atoms with E-state index in [0.29, 0.717) is 51.1 Å². The van der Waals surface area contributed by atoms with Gasteiger partial charge in [0.25, 0.3) is 0 Å². The number of aromatic nitrogens is 3. The highest BCUT2D eigenvalue weighted by Crippen LogP contribution is 2.41. The van der Waals surface area contributed by atoms with Crippen LogP contribution in [-0.2, 0) is 12.3 Å². The molecular weight excluding hydrogens is 429 g/mol. The quantitative estimate of drug-likeness (QED) is 0.329. The summed E-state index contributed by atoms with van der Waals surface area (Å²) >= 11 is 7.48. The second kappa shape index (κ2) is 9.86. The third-order valence-corrected chi connectivity index (χ3v) is 5.71. The minimum atomic E-state index is -0.352. The Bertz CT molecular complexity index is 1010. The van der Waals surface area contributed by atoms with Crippen molar-refractivity contribution in [2.75, 3.05) is 21.3 Å². The summed E-state index contributed by atoms with van der Waals surface area (Å²) in [5, 5.41) is 9.61. The van der Waals surface area contributed by atoms with Gasteiger partial charge in [-0.3, -0.25) is 4.57 Å². The molecule has 0 atom stereocenters. The predicted octanol–water partition coefficient (Wildman–Crippen LogP) is 5.24. The fraction of sp³-hybridized carbons (Fsp3) is 0.238. The van der Waals surface area contributed by atoms with Gasteiger partial charge in [0.1, 0.15) is 5.82 Å². The molecule has 158 valence electrons. The topological polar surface area (TPSA) is 58.4 Å². The Kier molecular flexibility index (Phi) is 7.23. The number of methoxy groups -OCH3 is 3. The monoisotopic (exact) mass is 449 g/mol. The van der Waals surface area contributed by atoms with E-state index in [2.05, 4.69) is 16.8 Å². The van der Waals surface area contributed by atoms with Crippen LogP contribution in [0.5, 0.6) is 17.2 Å². The van der Waals surface area contributed by atoms with E-state index in [1.54, 1.807) is 51.7 Å². The van der Waals surface area contributed by atoms with Gasteiger partial charge >= 0.3 is 0 Å². The fourth-order valence-corrected chi connectivity index (χ4v) is 4.21. The molecule has 0 amide bonds. The van der Waals surface area contributed by atoms with E-state index in [0.717, 1.165) is 5.56 Å². The van der Waals surface area contributed by atoms with Crippen LogP contribution in [0.2, 0.25) is 5.02 Å². The zero-order valence-electron chi connectivity index (χ0n) is 16.8. The first kappa shape index (κ1) is 22.0. The standard InChI is InChI=1S/C21H21ClFN3O3S/c1-5-9-26-20(13-10-17(27-2)19(29-4)18(11-13)28-3)24-25-21(26)30-12-14-15(22)7-6-8-16(14)23/h5-8,10-11H,1,9,12H2,2-4H3. The molecule has 0 aliphatic heterocycles. The number of thioether (sulfide) groups is 1. The van der Waals surface area contributed by atoms with E-state index in [-0.39, 0.29) is 5.82 Å². The highest BCUT2D eigenvalue weighted by molar-refractivity contribution is 7.98. The Balaban J connectivity index is 1.99. The number of rotatable bonds is 9. The van der Waals surface area contributed by atoms with Crippen molar-refractivity contribution in [2.45, 2.75) is 17.5 Å². The van der Waals surface area contributed by atoms with Crippen molar-refractivity contribution in [3.63, 3.8) is 0 Å². The molecule has 3 rings (SSSR count). The molecule has 0 bridgehead atoms. The third-order valence-electron chi connectivity index (χ3n) is 4.36. The molecule has 0 radical (unpaired) electrons. The van der Waals surface area contributed by atoms with Gasteiger partial charge in [-0.2, -0.15) is 0 Å². The molecule has 30 heavy (non-hydrogen) atoms. The number of halogens is 2. The van der Waals surface area contributed by atoms with E-state index in [4.69, 9.17) is 25.8 Å². The number of allylic oxidation sites excluding steroid dienone is 1. The van der Waals surface area contributed by atoms with Gasteiger partial charge < -0.3 is 14.2 Å². The summed E-state index contributed by atoms with van der Waals surface area (Å²) in [6.07, 6.45) is 1.74. The maximum Gasteiger partial charge on any atom is 0.203 e. The van der Waals surface area contributed by atoms with Crippen LogP contribution in [0, 0.1) is 5.82 Å². The fourth-order valence-electron chi connectivity index (χ4n) is 2.92. The number of ether oxygens (including phenoxy) is 3. The van der Waals surface area contributed by atoms with Gasteiger partial charge in [0.05, 0.1) is 21.3 Å². The number of nitrogens with zero attached hydrogens (tertiary/aromatic N) is 3. The lowest BCUT2D eigenvalue weighted by Crippen LogP contribution is -2.02. The Hall–Kier alpha value is -2.71. The second-order valence-electron chi connectivity index (χ2n) is 6.11. The molecule has 1 heterocycles. The number of hydrogen-bond donors (Lipinski definition) is 0. The second-order valence-corrected chi connectivity index (χ2v) is 7.46. The van der Waals surface area contributed by atoms with Crippen molar-refractivity contribution in [1.82, 2.24) is 14.8 Å². The number of benzene rings is 2. The van der Waals surface area contributed by atoms with Crippen molar-refractivity contribution < 1.29 is 18.6 Å². The summed E-state index contributed by atoms with van der Waals surface area (Å²) < 4.78 is 32.2. The van der Waals surface area contributed by atoms with Crippen molar-refractivity contribution in [3.8, 4) is 28.6 Å². The lowest BCUT2D eigenvalue weighted by atomic mass is 10.1. The van der Waals surface area contributed by atoms with E-state index in [9.17, 15) is 4.39 Å². The Morgan fingerprint density at radius 1 is 1.13 bits per heavy atom. The molecule has 3 aromatic rings. The van der Waals surface area contributed by atoms with Crippen LogP contribution < -0.4 is 14.2 Å². The highest BCUT2D eigenvalue weighted by Gasteiger charge is 2.20. The van der Waals surface area contributed by atoms with Gasteiger partial charge in [-0.1, -0.05) is 35.5 Å². The van der Waals surface area contributed by atoms with Crippen LogP contribution in [-0.4, -0.2) is 36.1 Å². The van der Waals surface area contributed by atoms with Crippen molar-refractivity contribution >= 4 is 23.4 Å². The first-order valence-electron chi connectivity index (χ1n) is 8.94.